The van der Waals surface area contributed by atoms with Gasteiger partial charge in [0.1, 0.15) is 0 Å². The lowest BCUT2D eigenvalue weighted by Gasteiger charge is -2.05. The number of hydroxylamine groups is 2. The average Bonchev–Trinajstić information content (AvgIpc) is 2.60. The van der Waals surface area contributed by atoms with Gasteiger partial charge in [-0.15, -0.1) is 0 Å². The van der Waals surface area contributed by atoms with Gasteiger partial charge in [0, 0.05) is 24.0 Å². The SMILES string of the molecule is [O-]/[N+](=C\c1ccccc1)CCCCCC/[N+]([O-])=C\c1ccccc1. The lowest BCUT2D eigenvalue weighted by Crippen LogP contribution is -2.09. The highest BCUT2D eigenvalue weighted by atomic mass is 16.5. The maximum Gasteiger partial charge on any atom is 0.181 e. The highest BCUT2D eigenvalue weighted by Crippen LogP contribution is 2.01. The van der Waals surface area contributed by atoms with Gasteiger partial charge in [0.15, 0.2) is 25.5 Å². The standard InChI is InChI=1S/C20H24N2O2/c23-21(17-19-11-5-3-6-12-19)15-9-1-2-10-16-22(24)18-20-13-7-4-8-14-20/h3-8,11-14,17-18H,1-2,9-10,15-16H2/b21-17-,22-18+. The molecule has 4 nitrogen and oxygen atoms in total. The first kappa shape index (κ1) is 17.7. The maximum absolute atomic E-state index is 11.8. The van der Waals surface area contributed by atoms with E-state index in [9.17, 15) is 10.4 Å². The van der Waals surface area contributed by atoms with Gasteiger partial charge in [0.25, 0.3) is 0 Å². The fourth-order valence-electron chi connectivity index (χ4n) is 2.43. The van der Waals surface area contributed by atoms with E-state index >= 15 is 0 Å². The zero-order valence-electron chi connectivity index (χ0n) is 13.9. The third kappa shape index (κ3) is 7.09. The summed E-state index contributed by atoms with van der Waals surface area (Å²) in [5, 5.41) is 23.5. The first-order valence-corrected chi connectivity index (χ1v) is 8.41. The minimum atomic E-state index is 0.492. The van der Waals surface area contributed by atoms with Crippen LogP contribution in [0.3, 0.4) is 0 Å². The zero-order chi connectivity index (χ0) is 17.0. The molecular formula is C20H24N2O2. The van der Waals surface area contributed by atoms with Crippen molar-refractivity contribution in [3.63, 3.8) is 0 Å². The van der Waals surface area contributed by atoms with E-state index in [0.29, 0.717) is 13.1 Å². The van der Waals surface area contributed by atoms with Gasteiger partial charge in [0.2, 0.25) is 0 Å². The molecule has 0 spiro atoms. The topological polar surface area (TPSA) is 52.1 Å². The van der Waals surface area contributed by atoms with E-state index in [-0.39, 0.29) is 0 Å². The molecule has 2 aromatic rings. The molecule has 0 heterocycles. The van der Waals surface area contributed by atoms with Crippen LogP contribution in [0.1, 0.15) is 36.8 Å². The van der Waals surface area contributed by atoms with Gasteiger partial charge in [-0.2, -0.15) is 0 Å². The van der Waals surface area contributed by atoms with Crippen LogP contribution in [0, 0.1) is 10.4 Å². The Morgan fingerprint density at radius 3 is 1.33 bits per heavy atom. The number of rotatable bonds is 9. The van der Waals surface area contributed by atoms with E-state index < -0.39 is 0 Å². The Labute approximate surface area is 143 Å². The minimum absolute atomic E-state index is 0.492. The summed E-state index contributed by atoms with van der Waals surface area (Å²) in [5.41, 5.74) is 1.84. The van der Waals surface area contributed by atoms with Crippen LogP contribution in [0.4, 0.5) is 0 Å². The molecule has 0 aliphatic rings. The molecule has 0 N–H and O–H groups in total. The molecule has 0 bridgehead atoms. The average molecular weight is 324 g/mol. The molecule has 0 aliphatic carbocycles. The molecule has 0 radical (unpaired) electrons. The lowest BCUT2D eigenvalue weighted by molar-refractivity contribution is -0.455. The third-order valence-corrected chi connectivity index (χ3v) is 3.69. The first-order valence-electron chi connectivity index (χ1n) is 8.41. The minimum Gasteiger partial charge on any atom is -0.624 e. The third-order valence-electron chi connectivity index (χ3n) is 3.69. The Bertz CT molecular complexity index is 592. The van der Waals surface area contributed by atoms with Gasteiger partial charge in [-0.25, -0.2) is 9.48 Å². The summed E-state index contributed by atoms with van der Waals surface area (Å²) in [7, 11) is 0. The quantitative estimate of drug-likeness (QED) is 0.232. The monoisotopic (exact) mass is 324 g/mol. The van der Waals surface area contributed by atoms with E-state index in [4.69, 9.17) is 0 Å². The highest BCUT2D eigenvalue weighted by molar-refractivity contribution is 5.75. The van der Waals surface area contributed by atoms with Crippen LogP contribution < -0.4 is 0 Å². The van der Waals surface area contributed by atoms with Crippen molar-refractivity contribution in [2.45, 2.75) is 25.7 Å². The van der Waals surface area contributed by atoms with Crippen molar-refractivity contribution in [3.05, 3.63) is 82.2 Å². The van der Waals surface area contributed by atoms with Gasteiger partial charge < -0.3 is 10.4 Å². The number of hydrogen-bond donors (Lipinski definition) is 0. The van der Waals surface area contributed by atoms with Gasteiger partial charge in [-0.1, -0.05) is 36.4 Å². The normalized spacial score (nSPS) is 12.3. The molecule has 0 atom stereocenters. The fourth-order valence-corrected chi connectivity index (χ4v) is 2.43. The number of unbranched alkanes of at least 4 members (excludes halogenated alkanes) is 3. The molecule has 0 aliphatic heterocycles. The van der Waals surface area contributed by atoms with Crippen molar-refractivity contribution < 1.29 is 9.48 Å². The smallest absolute Gasteiger partial charge is 0.181 e. The molecule has 0 fully saturated rings. The predicted molar refractivity (Wildman–Crippen MR) is 98.7 cm³/mol. The van der Waals surface area contributed by atoms with Crippen LogP contribution >= 0.6 is 0 Å². The van der Waals surface area contributed by atoms with E-state index in [2.05, 4.69) is 0 Å². The molecule has 0 saturated carbocycles. The highest BCUT2D eigenvalue weighted by Gasteiger charge is 1.99. The van der Waals surface area contributed by atoms with Crippen molar-refractivity contribution in [2.75, 3.05) is 13.1 Å². The first-order chi connectivity index (χ1) is 11.7. The fraction of sp³-hybridized carbons (Fsp3) is 0.300. The summed E-state index contributed by atoms with van der Waals surface area (Å²) in [6.07, 6.45) is 6.84. The van der Waals surface area contributed by atoms with E-state index in [1.165, 1.54) is 0 Å². The Morgan fingerprint density at radius 2 is 0.958 bits per heavy atom. The molecule has 4 heteroatoms. The van der Waals surface area contributed by atoms with Gasteiger partial charge in [-0.3, -0.25) is 0 Å². The predicted octanol–water partition coefficient (Wildman–Crippen LogP) is 3.81. The molecule has 126 valence electrons. The van der Waals surface area contributed by atoms with Crippen LogP contribution in [0.25, 0.3) is 0 Å². The largest absolute Gasteiger partial charge is 0.624 e. The van der Waals surface area contributed by atoms with Crippen molar-refractivity contribution in [2.24, 2.45) is 0 Å². The van der Waals surface area contributed by atoms with Crippen molar-refractivity contribution in [3.8, 4) is 0 Å². The number of nitrogens with zero attached hydrogens (tertiary/aromatic N) is 2. The Hall–Kier alpha value is -2.62. The summed E-state index contributed by atoms with van der Waals surface area (Å²) in [6.45, 7) is 0.984. The van der Waals surface area contributed by atoms with Gasteiger partial charge in [-0.05, 0) is 37.1 Å². The summed E-state index contributed by atoms with van der Waals surface area (Å²) >= 11 is 0. The van der Waals surface area contributed by atoms with Crippen LogP contribution in [0.2, 0.25) is 0 Å². The maximum atomic E-state index is 11.8. The summed E-state index contributed by atoms with van der Waals surface area (Å²) < 4.78 is 1.97. The molecule has 0 amide bonds. The molecular weight excluding hydrogens is 300 g/mol. The summed E-state index contributed by atoms with van der Waals surface area (Å²) in [6, 6.07) is 19.2. The zero-order valence-corrected chi connectivity index (χ0v) is 13.9. The second-order valence-corrected chi connectivity index (χ2v) is 5.78. The molecule has 2 rings (SSSR count). The second kappa shape index (κ2) is 10.2. The molecule has 0 unspecified atom stereocenters. The van der Waals surface area contributed by atoms with Crippen LogP contribution in [-0.4, -0.2) is 35.0 Å². The number of hydrogen-bond acceptors (Lipinski definition) is 2. The van der Waals surface area contributed by atoms with Crippen molar-refractivity contribution >= 4 is 12.4 Å². The molecule has 0 aromatic heterocycles. The van der Waals surface area contributed by atoms with Gasteiger partial charge in [0.05, 0.1) is 0 Å². The van der Waals surface area contributed by atoms with Crippen molar-refractivity contribution in [1.82, 2.24) is 0 Å². The molecule has 24 heavy (non-hydrogen) atoms. The summed E-state index contributed by atoms with van der Waals surface area (Å²) in [4.78, 5) is 0. The van der Waals surface area contributed by atoms with E-state index in [1.54, 1.807) is 12.4 Å². The van der Waals surface area contributed by atoms with Crippen LogP contribution in [-0.2, 0) is 0 Å². The molecule has 0 saturated heterocycles. The van der Waals surface area contributed by atoms with Gasteiger partial charge >= 0.3 is 0 Å². The van der Waals surface area contributed by atoms with E-state index in [0.717, 1.165) is 46.3 Å². The van der Waals surface area contributed by atoms with E-state index in [1.807, 2.05) is 60.7 Å². The lowest BCUT2D eigenvalue weighted by atomic mass is 10.2. The Kier molecular flexibility index (Phi) is 7.54. The van der Waals surface area contributed by atoms with Crippen molar-refractivity contribution in [1.29, 1.82) is 0 Å². The Morgan fingerprint density at radius 1 is 0.583 bits per heavy atom. The summed E-state index contributed by atoms with van der Waals surface area (Å²) in [5.74, 6) is 0. The molecule has 2 aromatic carbocycles. The number of benzene rings is 2. The van der Waals surface area contributed by atoms with Crippen LogP contribution in [0.15, 0.2) is 60.7 Å². The van der Waals surface area contributed by atoms with Crippen LogP contribution in [0.5, 0.6) is 0 Å². The Balaban J connectivity index is 1.60. The second-order valence-electron chi connectivity index (χ2n) is 5.78.